The van der Waals surface area contributed by atoms with E-state index in [2.05, 4.69) is 9.71 Å². The Kier molecular flexibility index (Phi) is 5.43. The van der Waals surface area contributed by atoms with E-state index in [-0.39, 0.29) is 24.2 Å². The number of ether oxygens (including phenoxy) is 2. The molecule has 1 aromatic carbocycles. The second-order valence-electron chi connectivity index (χ2n) is 6.29. The number of hydrogen-bond acceptors (Lipinski definition) is 6. The van der Waals surface area contributed by atoms with Crippen molar-refractivity contribution in [2.45, 2.75) is 25.9 Å². The molecule has 1 unspecified atom stereocenters. The summed E-state index contributed by atoms with van der Waals surface area (Å²) in [6, 6.07) is 8.45. The maximum atomic E-state index is 12.6. The van der Waals surface area contributed by atoms with Gasteiger partial charge in [-0.3, -0.25) is 4.72 Å². The number of para-hydroxylation sites is 1. The van der Waals surface area contributed by atoms with E-state index in [1.807, 2.05) is 0 Å². The van der Waals surface area contributed by atoms with Crippen molar-refractivity contribution >= 4 is 32.6 Å². The summed E-state index contributed by atoms with van der Waals surface area (Å²) in [5.41, 5.74) is 0.888. The average molecular weight is 378 g/mol. The van der Waals surface area contributed by atoms with E-state index >= 15 is 0 Å². The molecular weight excluding hydrogens is 356 g/mol. The maximum Gasteiger partial charge on any atom is 0.357 e. The van der Waals surface area contributed by atoms with Crippen molar-refractivity contribution in [1.82, 2.24) is 4.98 Å². The minimum atomic E-state index is -3.65. The van der Waals surface area contributed by atoms with Gasteiger partial charge in [0.25, 0.3) is 0 Å². The number of carbonyl (C=O) groups excluding carboxylic acids is 1. The van der Waals surface area contributed by atoms with E-state index in [0.29, 0.717) is 22.5 Å². The first kappa shape index (κ1) is 18.6. The van der Waals surface area contributed by atoms with E-state index in [1.165, 1.54) is 13.2 Å². The first-order valence-corrected chi connectivity index (χ1v) is 10.2. The summed E-state index contributed by atoms with van der Waals surface area (Å²) in [7, 11) is -2.13. The minimum Gasteiger partial charge on any atom is -0.461 e. The molecular formula is C18H22N2O5S. The Morgan fingerprint density at radius 1 is 1.35 bits per heavy atom. The molecule has 0 aliphatic heterocycles. The summed E-state index contributed by atoms with van der Waals surface area (Å²) < 4.78 is 38.1. The number of nitrogens with zero attached hydrogens (tertiary/aromatic N) is 1. The van der Waals surface area contributed by atoms with Crippen LogP contribution in [0.5, 0.6) is 0 Å². The number of esters is 1. The van der Waals surface area contributed by atoms with E-state index in [4.69, 9.17) is 9.47 Å². The van der Waals surface area contributed by atoms with Crippen LogP contribution in [0.4, 0.5) is 5.69 Å². The highest BCUT2D eigenvalue weighted by atomic mass is 32.2. The van der Waals surface area contributed by atoms with Crippen LogP contribution in [0, 0.1) is 5.92 Å². The summed E-state index contributed by atoms with van der Waals surface area (Å²) in [5, 5.41) is 0.615. The molecule has 0 spiro atoms. The molecule has 140 valence electrons. The Morgan fingerprint density at radius 3 is 2.73 bits per heavy atom. The van der Waals surface area contributed by atoms with Crippen molar-refractivity contribution < 1.29 is 22.7 Å². The molecule has 1 aliphatic carbocycles. The van der Waals surface area contributed by atoms with Crippen LogP contribution in [-0.4, -0.2) is 44.9 Å². The number of aromatic nitrogens is 1. The van der Waals surface area contributed by atoms with Crippen LogP contribution in [0.2, 0.25) is 0 Å². The zero-order valence-electron chi connectivity index (χ0n) is 14.8. The Labute approximate surface area is 152 Å². The number of methoxy groups -OCH3 is 1. The number of benzene rings is 1. The Bertz CT molecular complexity index is 909. The molecule has 1 fully saturated rings. The molecule has 0 amide bonds. The number of sulfonamides is 1. The van der Waals surface area contributed by atoms with Crippen LogP contribution < -0.4 is 4.72 Å². The summed E-state index contributed by atoms with van der Waals surface area (Å²) in [4.78, 5) is 16.3. The highest BCUT2D eigenvalue weighted by molar-refractivity contribution is 7.92. The van der Waals surface area contributed by atoms with Gasteiger partial charge in [-0.05, 0) is 37.8 Å². The van der Waals surface area contributed by atoms with E-state index in [0.717, 1.165) is 12.8 Å². The fourth-order valence-corrected chi connectivity index (χ4v) is 4.29. The lowest BCUT2D eigenvalue weighted by Crippen LogP contribution is -2.29. The van der Waals surface area contributed by atoms with Gasteiger partial charge in [0.1, 0.15) is 0 Å². The number of fused-ring (bicyclic) bond motifs is 1. The Morgan fingerprint density at radius 2 is 2.08 bits per heavy atom. The van der Waals surface area contributed by atoms with Crippen LogP contribution in [0.25, 0.3) is 10.9 Å². The normalized spacial score (nSPS) is 15.6. The molecule has 1 heterocycles. The van der Waals surface area contributed by atoms with Crippen LogP contribution in [0.1, 0.15) is 30.3 Å². The number of pyridine rings is 1. The monoisotopic (exact) mass is 378 g/mol. The second-order valence-corrected chi connectivity index (χ2v) is 8.05. The zero-order valence-corrected chi connectivity index (χ0v) is 15.6. The van der Waals surface area contributed by atoms with Crippen molar-refractivity contribution in [2.24, 2.45) is 5.92 Å². The molecule has 3 rings (SSSR count). The molecule has 1 aliphatic rings. The van der Waals surface area contributed by atoms with Crippen molar-refractivity contribution in [3.8, 4) is 0 Å². The van der Waals surface area contributed by atoms with Crippen LogP contribution in [0.3, 0.4) is 0 Å². The summed E-state index contributed by atoms with van der Waals surface area (Å²) in [6.45, 7) is 1.91. The molecule has 1 saturated carbocycles. The Balaban J connectivity index is 1.93. The fraction of sp³-hybridized carbons (Fsp3) is 0.444. The smallest absolute Gasteiger partial charge is 0.357 e. The third-order valence-electron chi connectivity index (χ3n) is 4.30. The predicted octanol–water partition coefficient (Wildman–Crippen LogP) is 2.58. The topological polar surface area (TPSA) is 94.6 Å². The maximum absolute atomic E-state index is 12.6. The average Bonchev–Trinajstić information content (AvgIpc) is 3.44. The molecule has 0 radical (unpaired) electrons. The zero-order chi connectivity index (χ0) is 18.7. The van der Waals surface area contributed by atoms with Gasteiger partial charge < -0.3 is 9.47 Å². The van der Waals surface area contributed by atoms with E-state index in [9.17, 15) is 13.2 Å². The highest BCUT2D eigenvalue weighted by Crippen LogP contribution is 2.35. The SMILES string of the molecule is CCOC(=O)c1cc(NS(=O)(=O)CC(OC)C2CC2)c2ccccc2n1. The summed E-state index contributed by atoms with van der Waals surface area (Å²) >= 11 is 0. The van der Waals surface area contributed by atoms with Gasteiger partial charge in [0.15, 0.2) is 5.69 Å². The highest BCUT2D eigenvalue weighted by Gasteiger charge is 2.34. The van der Waals surface area contributed by atoms with Crippen LogP contribution in [-0.2, 0) is 19.5 Å². The lowest BCUT2D eigenvalue weighted by atomic mass is 10.1. The number of rotatable bonds is 8. The molecule has 2 aromatic rings. The van der Waals surface area contributed by atoms with Crippen molar-refractivity contribution in [3.05, 3.63) is 36.0 Å². The summed E-state index contributed by atoms with van der Waals surface area (Å²) in [6.07, 6.45) is 1.64. The van der Waals surface area contributed by atoms with Gasteiger partial charge in [0.05, 0.1) is 29.7 Å². The van der Waals surface area contributed by atoms with Crippen molar-refractivity contribution in [1.29, 1.82) is 0 Å². The molecule has 0 saturated heterocycles. The molecule has 1 aromatic heterocycles. The van der Waals surface area contributed by atoms with E-state index in [1.54, 1.807) is 31.2 Å². The van der Waals surface area contributed by atoms with Gasteiger partial charge in [-0.2, -0.15) is 0 Å². The lowest BCUT2D eigenvalue weighted by Gasteiger charge is -2.17. The lowest BCUT2D eigenvalue weighted by molar-refractivity contribution is 0.0520. The third kappa shape index (κ3) is 4.31. The molecule has 26 heavy (non-hydrogen) atoms. The third-order valence-corrected chi connectivity index (χ3v) is 5.60. The first-order valence-electron chi connectivity index (χ1n) is 8.53. The van der Waals surface area contributed by atoms with Gasteiger partial charge in [-0.15, -0.1) is 0 Å². The number of carbonyl (C=O) groups is 1. The first-order chi connectivity index (χ1) is 12.4. The summed E-state index contributed by atoms with van der Waals surface area (Å²) in [5.74, 6) is -0.424. The number of anilines is 1. The molecule has 0 bridgehead atoms. The van der Waals surface area contributed by atoms with Gasteiger partial charge in [0, 0.05) is 12.5 Å². The molecule has 7 nitrogen and oxygen atoms in total. The molecule has 1 atom stereocenters. The number of nitrogens with one attached hydrogen (secondary N) is 1. The number of hydrogen-bond donors (Lipinski definition) is 1. The largest absolute Gasteiger partial charge is 0.461 e. The van der Waals surface area contributed by atoms with Crippen molar-refractivity contribution in [2.75, 3.05) is 24.2 Å². The quantitative estimate of drug-likeness (QED) is 0.710. The van der Waals surface area contributed by atoms with Gasteiger partial charge >= 0.3 is 5.97 Å². The van der Waals surface area contributed by atoms with Gasteiger partial charge in [-0.1, -0.05) is 18.2 Å². The van der Waals surface area contributed by atoms with E-state index < -0.39 is 16.0 Å². The fourth-order valence-electron chi connectivity index (χ4n) is 2.86. The van der Waals surface area contributed by atoms with Crippen LogP contribution in [0.15, 0.2) is 30.3 Å². The van der Waals surface area contributed by atoms with Crippen molar-refractivity contribution in [3.63, 3.8) is 0 Å². The standard InChI is InChI=1S/C18H22N2O5S/c1-3-25-18(21)16-10-15(13-6-4-5-7-14(13)19-16)20-26(22,23)11-17(24-2)12-8-9-12/h4-7,10,12,17H,3,8-9,11H2,1-2H3,(H,19,20). The minimum absolute atomic E-state index is 0.0636. The van der Waals surface area contributed by atoms with Gasteiger partial charge in [0.2, 0.25) is 10.0 Å². The molecule has 1 N–H and O–H groups in total. The van der Waals surface area contributed by atoms with Gasteiger partial charge in [-0.25, -0.2) is 18.2 Å². The Hall–Kier alpha value is -2.19. The molecule has 8 heteroatoms. The second kappa shape index (κ2) is 7.59. The van der Waals surface area contributed by atoms with Crippen LogP contribution >= 0.6 is 0 Å². The predicted molar refractivity (Wildman–Crippen MR) is 98.6 cm³/mol.